The summed E-state index contributed by atoms with van der Waals surface area (Å²) in [6.45, 7) is 0.459. The van der Waals surface area contributed by atoms with Crippen LogP contribution in [0.3, 0.4) is 0 Å². The molecule has 1 atom stereocenters. The number of nitrogens with zero attached hydrogens (tertiary/aromatic N) is 1. The van der Waals surface area contributed by atoms with Crippen molar-refractivity contribution in [1.29, 1.82) is 5.26 Å². The average molecular weight is 182 g/mol. The van der Waals surface area contributed by atoms with Crippen LogP contribution in [-0.2, 0) is 0 Å². The molecule has 1 heterocycles. The molecule has 0 aliphatic carbocycles. The van der Waals surface area contributed by atoms with Crippen molar-refractivity contribution in [3.8, 4) is 6.07 Å². The molecule has 1 rings (SSSR count). The molecule has 64 valence electrons. The van der Waals surface area contributed by atoms with Crippen molar-refractivity contribution in [3.05, 3.63) is 21.9 Å². The Morgan fingerprint density at radius 3 is 2.92 bits per heavy atom. The number of aliphatic hydroxyl groups excluding tert-OH is 1. The number of nitriles is 1. The summed E-state index contributed by atoms with van der Waals surface area (Å²) in [7, 11) is 0. The van der Waals surface area contributed by atoms with Crippen molar-refractivity contribution < 1.29 is 5.11 Å². The van der Waals surface area contributed by atoms with Gasteiger partial charge in [-0.1, -0.05) is 0 Å². The Labute approximate surface area is 75.1 Å². The zero-order valence-corrected chi connectivity index (χ0v) is 7.34. The van der Waals surface area contributed by atoms with Gasteiger partial charge in [-0.25, -0.2) is 0 Å². The molecule has 0 bridgehead atoms. The van der Waals surface area contributed by atoms with Gasteiger partial charge in [-0.05, 0) is 25.1 Å². The minimum Gasteiger partial charge on any atom is -0.388 e. The number of aliphatic hydroxyl groups is 1. The second kappa shape index (κ2) is 4.21. The van der Waals surface area contributed by atoms with Crippen molar-refractivity contribution >= 4 is 11.3 Å². The van der Waals surface area contributed by atoms with Crippen LogP contribution in [0.5, 0.6) is 0 Å². The highest BCUT2D eigenvalue weighted by molar-refractivity contribution is 7.12. The largest absolute Gasteiger partial charge is 0.388 e. The smallest absolute Gasteiger partial charge is 0.110 e. The molecule has 0 spiro atoms. The van der Waals surface area contributed by atoms with E-state index in [9.17, 15) is 5.11 Å². The van der Waals surface area contributed by atoms with E-state index in [2.05, 4.69) is 0 Å². The first-order valence-electron chi connectivity index (χ1n) is 3.66. The summed E-state index contributed by atoms with van der Waals surface area (Å²) in [5.41, 5.74) is 5.29. The Kier molecular flexibility index (Phi) is 3.23. The van der Waals surface area contributed by atoms with Gasteiger partial charge in [0.25, 0.3) is 0 Å². The van der Waals surface area contributed by atoms with E-state index >= 15 is 0 Å². The van der Waals surface area contributed by atoms with Gasteiger partial charge < -0.3 is 10.8 Å². The van der Waals surface area contributed by atoms with E-state index in [0.29, 0.717) is 17.8 Å². The molecule has 0 aliphatic rings. The first-order valence-corrected chi connectivity index (χ1v) is 4.47. The van der Waals surface area contributed by atoms with Crippen molar-refractivity contribution in [2.45, 2.75) is 12.5 Å². The van der Waals surface area contributed by atoms with Gasteiger partial charge in [-0.3, -0.25) is 0 Å². The van der Waals surface area contributed by atoms with E-state index in [1.807, 2.05) is 6.07 Å². The van der Waals surface area contributed by atoms with Gasteiger partial charge in [0.05, 0.1) is 6.10 Å². The maximum Gasteiger partial charge on any atom is 0.110 e. The minimum absolute atomic E-state index is 0.459. The first kappa shape index (κ1) is 9.20. The molecule has 1 aromatic heterocycles. The average Bonchev–Trinajstić information content (AvgIpc) is 2.52. The Hall–Kier alpha value is -0.890. The summed E-state index contributed by atoms with van der Waals surface area (Å²) in [5, 5.41) is 18.0. The van der Waals surface area contributed by atoms with E-state index in [4.69, 9.17) is 11.0 Å². The van der Waals surface area contributed by atoms with Crippen LogP contribution in [0.15, 0.2) is 12.1 Å². The molecule has 0 amide bonds. The molecule has 0 aliphatic heterocycles. The Balaban J connectivity index is 2.69. The van der Waals surface area contributed by atoms with Gasteiger partial charge in [0, 0.05) is 4.88 Å². The van der Waals surface area contributed by atoms with E-state index < -0.39 is 6.10 Å². The molecule has 3 N–H and O–H groups in total. The topological polar surface area (TPSA) is 70.0 Å². The molecule has 4 heteroatoms. The highest BCUT2D eigenvalue weighted by Gasteiger charge is 2.08. The Morgan fingerprint density at radius 1 is 1.67 bits per heavy atom. The fourth-order valence-corrected chi connectivity index (χ4v) is 1.72. The molecule has 0 aromatic carbocycles. The zero-order valence-electron chi connectivity index (χ0n) is 6.53. The van der Waals surface area contributed by atoms with Crippen molar-refractivity contribution in [2.75, 3.05) is 6.54 Å². The van der Waals surface area contributed by atoms with Gasteiger partial charge in [0.2, 0.25) is 0 Å². The molecular formula is C8H10N2OS. The zero-order chi connectivity index (χ0) is 8.97. The third-order valence-electron chi connectivity index (χ3n) is 1.51. The van der Waals surface area contributed by atoms with Crippen LogP contribution in [0.4, 0.5) is 0 Å². The lowest BCUT2D eigenvalue weighted by Gasteiger charge is -2.04. The molecule has 0 fully saturated rings. The summed E-state index contributed by atoms with van der Waals surface area (Å²) in [6.07, 6.45) is 0.0351. The van der Waals surface area contributed by atoms with Crippen LogP contribution in [-0.4, -0.2) is 11.7 Å². The maximum absolute atomic E-state index is 9.45. The lowest BCUT2D eigenvalue weighted by molar-refractivity contribution is 0.174. The predicted octanol–water partition coefficient (Wildman–Crippen LogP) is 1.00. The third-order valence-corrected chi connectivity index (χ3v) is 2.60. The maximum atomic E-state index is 9.45. The number of hydrogen-bond acceptors (Lipinski definition) is 4. The van der Waals surface area contributed by atoms with Crippen LogP contribution in [0.1, 0.15) is 22.3 Å². The SMILES string of the molecule is N#Cc1ccc(C(O)CCN)s1. The molecule has 0 saturated carbocycles. The summed E-state index contributed by atoms with van der Waals surface area (Å²) < 4.78 is 0. The fraction of sp³-hybridized carbons (Fsp3) is 0.375. The quantitative estimate of drug-likeness (QED) is 0.732. The van der Waals surface area contributed by atoms with Crippen LogP contribution in [0.2, 0.25) is 0 Å². The van der Waals surface area contributed by atoms with Gasteiger partial charge in [-0.2, -0.15) is 5.26 Å². The van der Waals surface area contributed by atoms with Crippen LogP contribution < -0.4 is 5.73 Å². The van der Waals surface area contributed by atoms with E-state index in [1.165, 1.54) is 11.3 Å². The monoisotopic (exact) mass is 182 g/mol. The lowest BCUT2D eigenvalue weighted by Crippen LogP contribution is -2.05. The summed E-state index contributed by atoms with van der Waals surface area (Å²) >= 11 is 1.31. The second-order valence-electron chi connectivity index (χ2n) is 2.41. The summed E-state index contributed by atoms with van der Waals surface area (Å²) in [4.78, 5) is 1.44. The second-order valence-corrected chi connectivity index (χ2v) is 3.52. The van der Waals surface area contributed by atoms with Crippen molar-refractivity contribution in [2.24, 2.45) is 5.73 Å². The van der Waals surface area contributed by atoms with Crippen LogP contribution >= 0.6 is 11.3 Å². The standard InChI is InChI=1S/C8H10N2OS/c9-4-3-7(11)8-2-1-6(5-10)12-8/h1-2,7,11H,3-4,9H2. The molecule has 12 heavy (non-hydrogen) atoms. The summed E-state index contributed by atoms with van der Waals surface area (Å²) in [6, 6.07) is 5.50. The lowest BCUT2D eigenvalue weighted by atomic mass is 10.2. The minimum atomic E-state index is -0.512. The number of rotatable bonds is 3. The van der Waals surface area contributed by atoms with Crippen LogP contribution in [0, 0.1) is 11.3 Å². The van der Waals surface area contributed by atoms with Gasteiger partial charge in [0.15, 0.2) is 0 Å². The molecule has 3 nitrogen and oxygen atoms in total. The molecular weight excluding hydrogens is 172 g/mol. The molecule has 0 radical (unpaired) electrons. The molecule has 0 saturated heterocycles. The van der Waals surface area contributed by atoms with Gasteiger partial charge >= 0.3 is 0 Å². The Bertz CT molecular complexity index is 289. The van der Waals surface area contributed by atoms with Crippen LogP contribution in [0.25, 0.3) is 0 Å². The van der Waals surface area contributed by atoms with E-state index in [-0.39, 0.29) is 0 Å². The Morgan fingerprint density at radius 2 is 2.42 bits per heavy atom. The van der Waals surface area contributed by atoms with Crippen molar-refractivity contribution in [3.63, 3.8) is 0 Å². The van der Waals surface area contributed by atoms with Gasteiger partial charge in [0.1, 0.15) is 10.9 Å². The predicted molar refractivity (Wildman–Crippen MR) is 47.7 cm³/mol. The summed E-state index contributed by atoms with van der Waals surface area (Å²) in [5.74, 6) is 0. The first-order chi connectivity index (χ1) is 5.77. The third kappa shape index (κ3) is 2.05. The van der Waals surface area contributed by atoms with E-state index in [1.54, 1.807) is 12.1 Å². The highest BCUT2D eigenvalue weighted by atomic mass is 32.1. The molecule has 1 aromatic rings. The normalized spacial score (nSPS) is 12.4. The van der Waals surface area contributed by atoms with E-state index in [0.717, 1.165) is 4.88 Å². The number of nitrogens with two attached hydrogens (primary N) is 1. The highest BCUT2D eigenvalue weighted by Crippen LogP contribution is 2.24. The number of hydrogen-bond donors (Lipinski definition) is 2. The number of thiophene rings is 1. The molecule has 1 unspecified atom stereocenters. The fourth-order valence-electron chi connectivity index (χ4n) is 0.892. The van der Waals surface area contributed by atoms with Gasteiger partial charge in [-0.15, -0.1) is 11.3 Å². The van der Waals surface area contributed by atoms with Crippen molar-refractivity contribution in [1.82, 2.24) is 0 Å².